The molecule has 0 atom stereocenters. The van der Waals surface area contributed by atoms with Crippen molar-refractivity contribution in [2.75, 3.05) is 0 Å². The zero-order chi connectivity index (χ0) is 11.3. The summed E-state index contributed by atoms with van der Waals surface area (Å²) in [5, 5.41) is 7.42. The summed E-state index contributed by atoms with van der Waals surface area (Å²) in [5.41, 5.74) is 0. The zero-order valence-corrected chi connectivity index (χ0v) is 14.8. The molecule has 1 N–H and O–H groups in total. The van der Waals surface area contributed by atoms with Crippen molar-refractivity contribution in [2.24, 2.45) is 0 Å². The number of carboxylic acid groups (broad SMARTS) is 1. The van der Waals surface area contributed by atoms with Crippen LogP contribution in [-0.2, 0) is 4.79 Å². The first-order chi connectivity index (χ1) is 5.44. The van der Waals surface area contributed by atoms with Crippen molar-refractivity contribution < 1.29 is 39.5 Å². The topological polar surface area (TPSA) is 51.4 Å². The summed E-state index contributed by atoms with van der Waals surface area (Å²) in [6.07, 6.45) is 0. The van der Waals surface area contributed by atoms with E-state index in [0.717, 1.165) is 6.92 Å². The van der Waals surface area contributed by atoms with E-state index in [0.29, 0.717) is 0 Å². The molecule has 0 heterocycles. The molecule has 0 unspecified atom stereocenters. The molecule has 14 heavy (non-hydrogen) atoms. The molecule has 0 aromatic heterocycles. The largest absolute Gasteiger partial charge is 1.00 e. The molecule has 0 aromatic carbocycles. The van der Waals surface area contributed by atoms with Crippen LogP contribution in [0.5, 0.6) is 0 Å². The van der Waals surface area contributed by atoms with Crippen LogP contribution in [0.4, 0.5) is 0 Å². The van der Waals surface area contributed by atoms with Crippen LogP contribution >= 0.6 is 0 Å². The monoisotopic (exact) mass is 243 g/mol. The minimum Gasteiger partial charge on any atom is -0.668 e. The Morgan fingerprint density at radius 3 is 1.14 bits per heavy atom. The average molecular weight is 243 g/mol. The number of nitrogens with zero attached hydrogens (tertiary/aromatic N) is 1. The maximum atomic E-state index is 9.00. The van der Waals surface area contributed by atoms with Gasteiger partial charge in [-0.2, -0.15) is 0 Å². The molecular formula is C8H22NNaO2Si2. The number of carbonyl (C=O) groups is 1. The van der Waals surface area contributed by atoms with Crippen molar-refractivity contribution in [2.45, 2.75) is 46.2 Å². The number of rotatable bonds is 2. The summed E-state index contributed by atoms with van der Waals surface area (Å²) in [7, 11) is -2.21. The standard InChI is InChI=1S/C6H18NSi2.C2H4O2.Na/c1-8(2,3)7-9(4,5)6;1-2(3)4;/h1-6H3;1H3,(H,3,4);/q-1;;+1. The van der Waals surface area contributed by atoms with Crippen molar-refractivity contribution in [1.29, 1.82) is 0 Å². The molecule has 0 fully saturated rings. The first kappa shape index (κ1) is 20.3. The molecule has 0 saturated carbocycles. The Morgan fingerprint density at radius 2 is 1.14 bits per heavy atom. The SMILES string of the molecule is CC(=O)O.C[Si](C)(C)[N-][Si](C)(C)C.[Na+]. The minimum atomic E-state index is -1.11. The number of hydrogen-bond acceptors (Lipinski definition) is 1. The molecule has 0 aliphatic heterocycles. The summed E-state index contributed by atoms with van der Waals surface area (Å²) >= 11 is 0. The predicted molar refractivity (Wildman–Crippen MR) is 63.4 cm³/mol. The summed E-state index contributed by atoms with van der Waals surface area (Å²) < 4.78 is 4.82. The van der Waals surface area contributed by atoms with Crippen LogP contribution in [0, 0.1) is 0 Å². The number of hydrogen-bond donors (Lipinski definition) is 1. The van der Waals surface area contributed by atoms with Gasteiger partial charge < -0.3 is 9.75 Å². The average Bonchev–Trinajstić information content (AvgIpc) is 1.47. The second kappa shape index (κ2) is 8.07. The third-order valence-corrected chi connectivity index (χ3v) is 6.04. The molecule has 3 nitrogen and oxygen atoms in total. The van der Waals surface area contributed by atoms with E-state index in [4.69, 9.17) is 14.5 Å². The summed E-state index contributed by atoms with van der Waals surface area (Å²) in [6, 6.07) is 0. The van der Waals surface area contributed by atoms with Crippen LogP contribution in [0.2, 0.25) is 39.3 Å². The van der Waals surface area contributed by atoms with Crippen molar-refractivity contribution in [3.05, 3.63) is 4.65 Å². The van der Waals surface area contributed by atoms with Gasteiger partial charge in [-0.3, -0.25) is 4.79 Å². The van der Waals surface area contributed by atoms with Gasteiger partial charge in [0.05, 0.1) is 0 Å². The van der Waals surface area contributed by atoms with E-state index in [1.807, 2.05) is 0 Å². The molecule has 0 bridgehead atoms. The van der Waals surface area contributed by atoms with Crippen LogP contribution in [0.15, 0.2) is 0 Å². The third kappa shape index (κ3) is 38.4. The summed E-state index contributed by atoms with van der Waals surface area (Å²) in [4.78, 5) is 9.00. The van der Waals surface area contributed by atoms with E-state index in [1.54, 1.807) is 0 Å². The Morgan fingerprint density at radius 1 is 1.00 bits per heavy atom. The third-order valence-electron chi connectivity index (χ3n) is 0.671. The quantitative estimate of drug-likeness (QED) is 0.701. The fraction of sp³-hybridized carbons (Fsp3) is 0.875. The van der Waals surface area contributed by atoms with Gasteiger partial charge in [0.1, 0.15) is 0 Å². The van der Waals surface area contributed by atoms with Gasteiger partial charge in [-0.1, -0.05) is 55.8 Å². The van der Waals surface area contributed by atoms with Gasteiger partial charge in [0, 0.05) is 6.92 Å². The van der Waals surface area contributed by atoms with Gasteiger partial charge in [-0.15, -0.1) is 0 Å². The van der Waals surface area contributed by atoms with Crippen molar-refractivity contribution in [3.8, 4) is 0 Å². The Hall–Kier alpha value is 0.864. The Labute approximate surface area is 112 Å². The molecular weight excluding hydrogens is 221 g/mol. The second-order valence-corrected chi connectivity index (χ2v) is 14.6. The molecule has 0 spiro atoms. The van der Waals surface area contributed by atoms with E-state index in [-0.39, 0.29) is 29.6 Å². The van der Waals surface area contributed by atoms with Crippen LogP contribution in [0.3, 0.4) is 0 Å². The van der Waals surface area contributed by atoms with Gasteiger partial charge in [0.2, 0.25) is 0 Å². The maximum Gasteiger partial charge on any atom is 1.00 e. The molecule has 0 aliphatic rings. The normalized spacial score (nSPS) is 10.8. The molecule has 0 aliphatic carbocycles. The minimum absolute atomic E-state index is 0. The number of carboxylic acids is 1. The van der Waals surface area contributed by atoms with Crippen LogP contribution in [0.1, 0.15) is 6.92 Å². The molecule has 0 saturated heterocycles. The van der Waals surface area contributed by atoms with Gasteiger partial charge in [-0.25, -0.2) is 0 Å². The molecule has 80 valence electrons. The molecule has 0 aromatic rings. The van der Waals surface area contributed by atoms with Crippen molar-refractivity contribution >= 4 is 22.4 Å². The van der Waals surface area contributed by atoms with Gasteiger partial charge in [-0.05, 0) is 0 Å². The van der Waals surface area contributed by atoms with Crippen molar-refractivity contribution in [3.63, 3.8) is 0 Å². The van der Waals surface area contributed by atoms with E-state index in [2.05, 4.69) is 39.3 Å². The molecule has 0 radical (unpaired) electrons. The van der Waals surface area contributed by atoms with Crippen LogP contribution in [0.25, 0.3) is 4.65 Å². The van der Waals surface area contributed by atoms with Gasteiger partial charge in [0.25, 0.3) is 5.97 Å². The van der Waals surface area contributed by atoms with E-state index in [9.17, 15) is 0 Å². The van der Waals surface area contributed by atoms with Crippen molar-refractivity contribution in [1.82, 2.24) is 0 Å². The zero-order valence-electron chi connectivity index (χ0n) is 10.8. The van der Waals surface area contributed by atoms with Gasteiger partial charge in [0.15, 0.2) is 0 Å². The molecule has 0 rings (SSSR count). The summed E-state index contributed by atoms with van der Waals surface area (Å²) in [6.45, 7) is 14.9. The fourth-order valence-corrected chi connectivity index (χ4v) is 9.06. The second-order valence-electron chi connectivity index (χ2n) is 4.97. The summed E-state index contributed by atoms with van der Waals surface area (Å²) in [5.74, 6) is -0.833. The molecule has 6 heteroatoms. The fourth-order valence-electron chi connectivity index (χ4n) is 1.01. The van der Waals surface area contributed by atoms with Gasteiger partial charge >= 0.3 is 29.6 Å². The smallest absolute Gasteiger partial charge is 0.668 e. The Kier molecular flexibility index (Phi) is 11.7. The maximum absolute atomic E-state index is 9.00. The first-order valence-corrected chi connectivity index (χ1v) is 11.3. The molecule has 0 amide bonds. The first-order valence-electron chi connectivity index (χ1n) is 4.37. The van der Waals surface area contributed by atoms with E-state index < -0.39 is 22.4 Å². The van der Waals surface area contributed by atoms with E-state index in [1.165, 1.54) is 0 Å². The van der Waals surface area contributed by atoms with Crippen LogP contribution < -0.4 is 29.6 Å². The Bertz CT molecular complexity index is 148. The van der Waals surface area contributed by atoms with Crippen LogP contribution in [-0.4, -0.2) is 27.5 Å². The Balaban J connectivity index is -0.000000209. The number of aliphatic carboxylic acids is 1. The predicted octanol–water partition coefficient (Wildman–Crippen LogP) is 0.125. The van der Waals surface area contributed by atoms with E-state index >= 15 is 0 Å².